The van der Waals surface area contributed by atoms with Crippen molar-refractivity contribution in [3.63, 3.8) is 0 Å². The van der Waals surface area contributed by atoms with Gasteiger partial charge in [0.15, 0.2) is 11.5 Å². The van der Waals surface area contributed by atoms with Gasteiger partial charge in [-0.3, -0.25) is 14.9 Å². The largest absolute Gasteiger partial charge is 0.489 e. The number of hydrogen-bond donors (Lipinski definition) is 1. The number of hydrogen-bond acceptors (Lipinski definition) is 6. The molecule has 1 fully saturated rings. The molecule has 0 bridgehead atoms. The van der Waals surface area contributed by atoms with Crippen LogP contribution < -0.4 is 10.1 Å². The van der Waals surface area contributed by atoms with Crippen molar-refractivity contribution < 1.29 is 18.7 Å². The Bertz CT molecular complexity index is 1030. The third-order valence-electron chi connectivity index (χ3n) is 4.48. The number of amides is 2. The summed E-state index contributed by atoms with van der Waals surface area (Å²) in [4.78, 5) is 27.4. The molecule has 2 heterocycles. The number of fused-ring (bicyclic) bond motifs is 1. The summed E-state index contributed by atoms with van der Waals surface area (Å²) in [6, 6.07) is 13.5. The number of carbonyl (C=O) groups excluding carboxylic acids is 2. The van der Waals surface area contributed by atoms with E-state index in [0.29, 0.717) is 13.0 Å². The molecule has 28 heavy (non-hydrogen) atoms. The van der Waals surface area contributed by atoms with Crippen molar-refractivity contribution in [3.05, 3.63) is 59.5 Å². The van der Waals surface area contributed by atoms with Crippen molar-refractivity contribution in [2.45, 2.75) is 38.0 Å². The molecule has 4 rings (SSSR count). The number of oxazole rings is 1. The molecule has 1 aliphatic heterocycles. The first kappa shape index (κ1) is 18.6. The minimum atomic E-state index is -0.357. The smallest absolute Gasteiger partial charge is 0.286 e. The van der Waals surface area contributed by atoms with E-state index in [1.165, 1.54) is 0 Å². The molecule has 144 valence electrons. The topological polar surface area (TPSA) is 81.4 Å². The van der Waals surface area contributed by atoms with E-state index in [2.05, 4.69) is 10.3 Å². The number of imide groups is 1. The molecule has 0 aliphatic carbocycles. The van der Waals surface area contributed by atoms with Gasteiger partial charge in [-0.25, -0.2) is 4.98 Å². The number of ether oxygens (including phenoxy) is 1. The Morgan fingerprint density at radius 1 is 1.14 bits per heavy atom. The molecule has 6 nitrogen and oxygen atoms in total. The highest BCUT2D eigenvalue weighted by molar-refractivity contribution is 8.15. The van der Waals surface area contributed by atoms with Crippen LogP contribution in [0.25, 0.3) is 11.1 Å². The third kappa shape index (κ3) is 4.04. The summed E-state index contributed by atoms with van der Waals surface area (Å²) < 4.78 is 11.6. The summed E-state index contributed by atoms with van der Waals surface area (Å²) in [5.74, 6) is 1.50. The molecule has 2 aromatic carbocycles. The zero-order chi connectivity index (χ0) is 19.7. The van der Waals surface area contributed by atoms with Crippen molar-refractivity contribution in [3.8, 4) is 5.75 Å². The standard InChI is InChI=1S/C21H20N2O4S/c1-12(2)20-22-16-9-14(5-8-17(16)27-20)11-26-15-6-3-13(4-7-15)10-18-19(24)23-21(25)28-18/h3-9,12,18H,10-11H2,1-2H3,(H,23,24,25). The van der Waals surface area contributed by atoms with Crippen LogP contribution in [0.5, 0.6) is 5.75 Å². The summed E-state index contributed by atoms with van der Waals surface area (Å²) in [6.07, 6.45) is 0.517. The molecule has 1 aliphatic rings. The van der Waals surface area contributed by atoms with Gasteiger partial charge in [0.25, 0.3) is 5.24 Å². The van der Waals surface area contributed by atoms with E-state index in [1.54, 1.807) is 0 Å². The average Bonchev–Trinajstić information content (AvgIpc) is 3.23. The van der Waals surface area contributed by atoms with Crippen LogP contribution in [-0.4, -0.2) is 21.4 Å². The maximum absolute atomic E-state index is 11.7. The van der Waals surface area contributed by atoms with E-state index < -0.39 is 0 Å². The molecule has 0 spiro atoms. The number of benzene rings is 2. The van der Waals surface area contributed by atoms with Gasteiger partial charge < -0.3 is 9.15 Å². The summed E-state index contributed by atoms with van der Waals surface area (Å²) in [7, 11) is 0. The molecule has 0 radical (unpaired) electrons. The maximum Gasteiger partial charge on any atom is 0.286 e. The van der Waals surface area contributed by atoms with E-state index in [4.69, 9.17) is 9.15 Å². The van der Waals surface area contributed by atoms with Crippen LogP contribution in [0.4, 0.5) is 4.79 Å². The van der Waals surface area contributed by atoms with Gasteiger partial charge >= 0.3 is 0 Å². The predicted molar refractivity (Wildman–Crippen MR) is 107 cm³/mol. The second kappa shape index (κ2) is 7.67. The highest BCUT2D eigenvalue weighted by atomic mass is 32.2. The summed E-state index contributed by atoms with van der Waals surface area (Å²) in [5, 5.41) is 1.67. The van der Waals surface area contributed by atoms with E-state index in [1.807, 2.05) is 56.3 Å². The van der Waals surface area contributed by atoms with Crippen LogP contribution in [0.2, 0.25) is 0 Å². The average molecular weight is 396 g/mol. The Kier molecular flexibility index (Phi) is 5.09. The molecule has 3 aromatic rings. The fourth-order valence-electron chi connectivity index (χ4n) is 2.96. The fraction of sp³-hybridized carbons (Fsp3) is 0.286. The maximum atomic E-state index is 11.7. The fourth-order valence-corrected chi connectivity index (χ4v) is 3.82. The Morgan fingerprint density at radius 3 is 2.57 bits per heavy atom. The predicted octanol–water partition coefficient (Wildman–Crippen LogP) is 4.42. The Hall–Kier alpha value is -2.80. The third-order valence-corrected chi connectivity index (χ3v) is 5.46. The SMILES string of the molecule is CC(C)c1nc2cc(COc3ccc(CC4SC(=O)NC4=O)cc3)ccc2o1. The van der Waals surface area contributed by atoms with E-state index in [-0.39, 0.29) is 22.3 Å². The molecular formula is C21H20N2O4S. The van der Waals surface area contributed by atoms with Crippen LogP contribution in [0.15, 0.2) is 46.9 Å². The molecule has 1 N–H and O–H groups in total. The quantitative estimate of drug-likeness (QED) is 0.664. The minimum absolute atomic E-state index is 0.223. The number of carbonyl (C=O) groups is 2. The molecule has 1 aromatic heterocycles. The molecule has 1 unspecified atom stereocenters. The van der Waals surface area contributed by atoms with Crippen LogP contribution in [0, 0.1) is 0 Å². The summed E-state index contributed by atoms with van der Waals surface area (Å²) >= 11 is 1.04. The van der Waals surface area contributed by atoms with Gasteiger partial charge in [0, 0.05) is 5.92 Å². The Labute approximate surface area is 166 Å². The van der Waals surface area contributed by atoms with Crippen molar-refractivity contribution >= 4 is 34.0 Å². The number of thioether (sulfide) groups is 1. The highest BCUT2D eigenvalue weighted by Gasteiger charge is 2.31. The van der Waals surface area contributed by atoms with E-state index in [0.717, 1.165) is 45.6 Å². The van der Waals surface area contributed by atoms with Crippen molar-refractivity contribution in [2.75, 3.05) is 0 Å². The molecule has 1 atom stereocenters. The van der Waals surface area contributed by atoms with Gasteiger partial charge in [-0.15, -0.1) is 0 Å². The Morgan fingerprint density at radius 2 is 1.89 bits per heavy atom. The molecule has 0 saturated carbocycles. The van der Waals surface area contributed by atoms with Gasteiger partial charge in [0.1, 0.15) is 17.9 Å². The zero-order valence-corrected chi connectivity index (χ0v) is 16.4. The monoisotopic (exact) mass is 396 g/mol. The number of nitrogens with zero attached hydrogens (tertiary/aromatic N) is 1. The van der Waals surface area contributed by atoms with Crippen LogP contribution in [0.3, 0.4) is 0 Å². The van der Waals surface area contributed by atoms with Crippen LogP contribution in [-0.2, 0) is 17.8 Å². The van der Waals surface area contributed by atoms with Crippen LogP contribution >= 0.6 is 11.8 Å². The first-order valence-electron chi connectivity index (χ1n) is 9.10. The van der Waals surface area contributed by atoms with Gasteiger partial charge in [-0.2, -0.15) is 0 Å². The minimum Gasteiger partial charge on any atom is -0.489 e. The lowest BCUT2D eigenvalue weighted by Gasteiger charge is -2.09. The lowest BCUT2D eigenvalue weighted by molar-refractivity contribution is -0.118. The molecule has 1 saturated heterocycles. The van der Waals surface area contributed by atoms with Gasteiger partial charge in [0.2, 0.25) is 5.91 Å². The second-order valence-corrected chi connectivity index (χ2v) is 8.20. The zero-order valence-electron chi connectivity index (χ0n) is 15.6. The van der Waals surface area contributed by atoms with Gasteiger partial charge in [0.05, 0.1) is 5.25 Å². The first-order valence-corrected chi connectivity index (χ1v) is 9.98. The number of nitrogens with one attached hydrogen (secondary N) is 1. The van der Waals surface area contributed by atoms with E-state index in [9.17, 15) is 9.59 Å². The van der Waals surface area contributed by atoms with Gasteiger partial charge in [-0.05, 0) is 41.8 Å². The van der Waals surface area contributed by atoms with E-state index >= 15 is 0 Å². The number of aromatic nitrogens is 1. The lowest BCUT2D eigenvalue weighted by Crippen LogP contribution is -2.25. The van der Waals surface area contributed by atoms with Crippen molar-refractivity contribution in [1.29, 1.82) is 0 Å². The van der Waals surface area contributed by atoms with Crippen molar-refractivity contribution in [2.24, 2.45) is 0 Å². The molecule has 2 amide bonds. The first-order chi connectivity index (χ1) is 13.5. The second-order valence-electron chi connectivity index (χ2n) is 7.03. The summed E-state index contributed by atoms with van der Waals surface area (Å²) in [6.45, 7) is 4.52. The van der Waals surface area contributed by atoms with Crippen molar-refractivity contribution in [1.82, 2.24) is 10.3 Å². The normalized spacial score (nSPS) is 16.8. The Balaban J connectivity index is 1.37. The number of rotatable bonds is 6. The molecule has 7 heteroatoms. The lowest BCUT2D eigenvalue weighted by atomic mass is 10.1. The van der Waals surface area contributed by atoms with Crippen LogP contribution in [0.1, 0.15) is 36.8 Å². The van der Waals surface area contributed by atoms with Gasteiger partial charge in [-0.1, -0.05) is 43.8 Å². The highest BCUT2D eigenvalue weighted by Crippen LogP contribution is 2.25. The molecular weight excluding hydrogens is 376 g/mol. The summed E-state index contributed by atoms with van der Waals surface area (Å²) in [5.41, 5.74) is 3.61.